The number of nitrogens with zero attached hydrogens (tertiary/aromatic N) is 1. The molecule has 1 heterocycles. The summed E-state index contributed by atoms with van der Waals surface area (Å²) in [5, 5.41) is 2.73. The van der Waals surface area contributed by atoms with Gasteiger partial charge in [-0.2, -0.15) is 0 Å². The van der Waals surface area contributed by atoms with Crippen LogP contribution in [0.2, 0.25) is 0 Å². The van der Waals surface area contributed by atoms with Gasteiger partial charge in [0.15, 0.2) is 0 Å². The SMILES string of the molecule is CC(=O)N/C(=C\c1ccccc1)C(=O)N1CC[C@@H]2CCCC[C@@H]2C1. The maximum absolute atomic E-state index is 13.0. The van der Waals surface area contributed by atoms with Crippen LogP contribution in [0.3, 0.4) is 0 Å². The molecule has 1 aromatic carbocycles. The van der Waals surface area contributed by atoms with Gasteiger partial charge in [0.2, 0.25) is 5.91 Å². The monoisotopic (exact) mass is 326 g/mol. The van der Waals surface area contributed by atoms with Crippen molar-refractivity contribution in [2.45, 2.75) is 39.0 Å². The van der Waals surface area contributed by atoms with Crippen molar-refractivity contribution in [2.24, 2.45) is 11.8 Å². The molecular weight excluding hydrogens is 300 g/mol. The van der Waals surface area contributed by atoms with Crippen LogP contribution >= 0.6 is 0 Å². The van der Waals surface area contributed by atoms with Crippen LogP contribution in [-0.4, -0.2) is 29.8 Å². The first-order valence-corrected chi connectivity index (χ1v) is 8.97. The molecule has 2 amide bonds. The molecule has 0 unspecified atom stereocenters. The summed E-state index contributed by atoms with van der Waals surface area (Å²) >= 11 is 0. The second-order valence-electron chi connectivity index (χ2n) is 6.99. The van der Waals surface area contributed by atoms with Crippen molar-refractivity contribution < 1.29 is 9.59 Å². The van der Waals surface area contributed by atoms with Crippen LogP contribution < -0.4 is 5.32 Å². The molecule has 0 aromatic heterocycles. The van der Waals surface area contributed by atoms with Crippen LogP contribution in [0.1, 0.15) is 44.6 Å². The fourth-order valence-electron chi connectivity index (χ4n) is 4.01. The van der Waals surface area contributed by atoms with E-state index in [1.165, 1.54) is 32.6 Å². The summed E-state index contributed by atoms with van der Waals surface area (Å²) < 4.78 is 0. The summed E-state index contributed by atoms with van der Waals surface area (Å²) in [6.07, 6.45) is 8.02. The number of carbonyl (C=O) groups is 2. The van der Waals surface area contributed by atoms with Crippen LogP contribution in [0.25, 0.3) is 6.08 Å². The van der Waals surface area contributed by atoms with Crippen LogP contribution in [0.15, 0.2) is 36.0 Å². The zero-order valence-corrected chi connectivity index (χ0v) is 14.3. The Balaban J connectivity index is 1.76. The Morgan fingerprint density at radius 3 is 2.50 bits per heavy atom. The van der Waals surface area contributed by atoms with Gasteiger partial charge in [-0.25, -0.2) is 0 Å². The van der Waals surface area contributed by atoms with Gasteiger partial charge in [0.25, 0.3) is 5.91 Å². The molecule has 4 heteroatoms. The number of hydrogen-bond donors (Lipinski definition) is 1. The molecule has 0 radical (unpaired) electrons. The van der Waals surface area contributed by atoms with Gasteiger partial charge in [0.1, 0.15) is 5.70 Å². The summed E-state index contributed by atoms with van der Waals surface area (Å²) in [5.41, 5.74) is 1.30. The average molecular weight is 326 g/mol. The average Bonchev–Trinajstić information content (AvgIpc) is 2.60. The molecular formula is C20H26N2O2. The minimum Gasteiger partial charge on any atom is -0.337 e. The van der Waals surface area contributed by atoms with E-state index in [1.54, 1.807) is 6.08 Å². The second kappa shape index (κ2) is 7.65. The van der Waals surface area contributed by atoms with Crippen molar-refractivity contribution in [2.75, 3.05) is 13.1 Å². The number of fused-ring (bicyclic) bond motifs is 1. The molecule has 2 atom stereocenters. The van der Waals surface area contributed by atoms with Gasteiger partial charge in [0.05, 0.1) is 0 Å². The lowest BCUT2D eigenvalue weighted by Crippen LogP contribution is -2.47. The maximum Gasteiger partial charge on any atom is 0.270 e. The Kier molecular flexibility index (Phi) is 5.34. The Hall–Kier alpha value is -2.10. The van der Waals surface area contributed by atoms with Crippen LogP contribution in [0, 0.1) is 11.8 Å². The van der Waals surface area contributed by atoms with Crippen molar-refractivity contribution in [1.29, 1.82) is 0 Å². The number of nitrogens with one attached hydrogen (secondary N) is 1. The molecule has 1 saturated carbocycles. The molecule has 24 heavy (non-hydrogen) atoms. The van der Waals surface area contributed by atoms with E-state index in [9.17, 15) is 9.59 Å². The lowest BCUT2D eigenvalue weighted by molar-refractivity contribution is -0.132. The van der Waals surface area contributed by atoms with Gasteiger partial charge < -0.3 is 10.2 Å². The normalized spacial score (nSPS) is 24.2. The van der Waals surface area contributed by atoms with Gasteiger partial charge in [-0.1, -0.05) is 49.6 Å². The van der Waals surface area contributed by atoms with Gasteiger partial charge >= 0.3 is 0 Å². The fourth-order valence-corrected chi connectivity index (χ4v) is 4.01. The summed E-state index contributed by atoms with van der Waals surface area (Å²) in [6.45, 7) is 3.07. The summed E-state index contributed by atoms with van der Waals surface area (Å²) in [5.74, 6) is 1.15. The minimum atomic E-state index is -0.210. The Bertz CT molecular complexity index is 624. The molecule has 0 bridgehead atoms. The van der Waals surface area contributed by atoms with Crippen LogP contribution in [0.4, 0.5) is 0 Å². The molecule has 1 saturated heterocycles. The Morgan fingerprint density at radius 2 is 1.79 bits per heavy atom. The molecule has 2 aliphatic rings. The molecule has 1 N–H and O–H groups in total. The number of likely N-dealkylation sites (tertiary alicyclic amines) is 1. The molecule has 128 valence electrons. The van der Waals surface area contributed by atoms with Crippen molar-refractivity contribution in [3.8, 4) is 0 Å². The van der Waals surface area contributed by atoms with Crippen molar-refractivity contribution >= 4 is 17.9 Å². The third-order valence-corrected chi connectivity index (χ3v) is 5.23. The molecule has 0 spiro atoms. The quantitative estimate of drug-likeness (QED) is 0.867. The third-order valence-electron chi connectivity index (χ3n) is 5.23. The van der Waals surface area contributed by atoms with Crippen molar-refractivity contribution in [1.82, 2.24) is 10.2 Å². The lowest BCUT2D eigenvalue weighted by atomic mass is 9.75. The van der Waals surface area contributed by atoms with Gasteiger partial charge in [-0.05, 0) is 36.3 Å². The van der Waals surface area contributed by atoms with E-state index in [0.717, 1.165) is 31.0 Å². The van der Waals surface area contributed by atoms with Gasteiger partial charge in [0, 0.05) is 20.0 Å². The van der Waals surface area contributed by atoms with E-state index in [2.05, 4.69) is 5.32 Å². The Labute approximate surface area is 143 Å². The van der Waals surface area contributed by atoms with Crippen LogP contribution in [-0.2, 0) is 9.59 Å². The van der Waals surface area contributed by atoms with Crippen molar-refractivity contribution in [3.63, 3.8) is 0 Å². The first-order chi connectivity index (χ1) is 11.6. The van der Waals surface area contributed by atoms with Crippen molar-refractivity contribution in [3.05, 3.63) is 41.6 Å². The number of piperidine rings is 1. The van der Waals surface area contributed by atoms with E-state index in [0.29, 0.717) is 11.6 Å². The first-order valence-electron chi connectivity index (χ1n) is 8.97. The number of carbonyl (C=O) groups excluding carboxylic acids is 2. The zero-order valence-electron chi connectivity index (χ0n) is 14.3. The fraction of sp³-hybridized carbons (Fsp3) is 0.500. The maximum atomic E-state index is 13.0. The van der Waals surface area contributed by atoms with E-state index in [1.807, 2.05) is 35.2 Å². The largest absolute Gasteiger partial charge is 0.337 e. The summed E-state index contributed by atoms with van der Waals surface area (Å²) in [4.78, 5) is 26.4. The highest BCUT2D eigenvalue weighted by molar-refractivity contribution is 6.01. The standard InChI is InChI=1S/C20H26N2O2/c1-15(23)21-19(13-16-7-3-2-4-8-16)20(24)22-12-11-17-9-5-6-10-18(17)14-22/h2-4,7-8,13,17-18H,5-6,9-12,14H2,1H3,(H,21,23)/b19-13-/t17-,18+/m0/s1. The van der Waals surface area contributed by atoms with E-state index >= 15 is 0 Å². The highest BCUT2D eigenvalue weighted by Gasteiger charge is 2.33. The predicted molar refractivity (Wildman–Crippen MR) is 94.9 cm³/mol. The minimum absolute atomic E-state index is 0.0573. The van der Waals surface area contributed by atoms with E-state index < -0.39 is 0 Å². The van der Waals surface area contributed by atoms with Gasteiger partial charge in [-0.15, -0.1) is 0 Å². The van der Waals surface area contributed by atoms with E-state index in [-0.39, 0.29) is 11.8 Å². The number of rotatable bonds is 3. The molecule has 4 nitrogen and oxygen atoms in total. The second-order valence-corrected chi connectivity index (χ2v) is 6.99. The number of hydrogen-bond acceptors (Lipinski definition) is 2. The molecule has 1 aliphatic carbocycles. The Morgan fingerprint density at radius 1 is 1.08 bits per heavy atom. The smallest absolute Gasteiger partial charge is 0.270 e. The predicted octanol–water partition coefficient (Wildman–Crippen LogP) is 3.20. The number of benzene rings is 1. The lowest BCUT2D eigenvalue weighted by Gasteiger charge is -2.41. The summed E-state index contributed by atoms with van der Waals surface area (Å²) in [7, 11) is 0. The number of amides is 2. The third kappa shape index (κ3) is 4.05. The zero-order chi connectivity index (χ0) is 16.9. The molecule has 2 fully saturated rings. The molecule has 1 aliphatic heterocycles. The topological polar surface area (TPSA) is 49.4 Å². The molecule has 1 aromatic rings. The first kappa shape index (κ1) is 16.7. The van der Waals surface area contributed by atoms with Gasteiger partial charge in [-0.3, -0.25) is 9.59 Å². The van der Waals surface area contributed by atoms with Crippen LogP contribution in [0.5, 0.6) is 0 Å². The summed E-state index contributed by atoms with van der Waals surface area (Å²) in [6, 6.07) is 9.65. The van der Waals surface area contributed by atoms with E-state index in [4.69, 9.17) is 0 Å². The highest BCUT2D eigenvalue weighted by atomic mass is 16.2. The highest BCUT2D eigenvalue weighted by Crippen LogP contribution is 2.36. The molecule has 3 rings (SSSR count).